The maximum Gasteiger partial charge on any atom is 0.0112 e. The number of hydrogen-bond acceptors (Lipinski definition) is 3. The second-order valence-electron chi connectivity index (χ2n) is 6.56. The van der Waals surface area contributed by atoms with Crippen LogP contribution in [0.3, 0.4) is 0 Å². The van der Waals surface area contributed by atoms with Crippen LogP contribution in [0.1, 0.15) is 40.0 Å². The van der Waals surface area contributed by atoms with Crippen LogP contribution in [0, 0.1) is 5.92 Å². The van der Waals surface area contributed by atoms with Crippen molar-refractivity contribution in [2.24, 2.45) is 5.92 Å². The normalized spacial score (nSPS) is 18.0. The van der Waals surface area contributed by atoms with E-state index in [1.54, 1.807) is 0 Å². The third kappa shape index (κ3) is 7.34. The summed E-state index contributed by atoms with van der Waals surface area (Å²) in [4.78, 5) is 4.93. The molecule has 3 heteroatoms. The fraction of sp³-hybridized carbons (Fsp3) is 1.00. The number of nitrogens with zero attached hydrogens (tertiary/aromatic N) is 2. The molecule has 1 N–H and O–H groups in total. The topological polar surface area (TPSA) is 18.5 Å². The van der Waals surface area contributed by atoms with Crippen molar-refractivity contribution in [2.45, 2.75) is 52.1 Å². The van der Waals surface area contributed by atoms with Gasteiger partial charge in [-0.2, -0.15) is 0 Å². The van der Waals surface area contributed by atoms with E-state index in [1.165, 1.54) is 38.9 Å². The van der Waals surface area contributed by atoms with E-state index in [0.29, 0.717) is 6.04 Å². The molecule has 0 heterocycles. The summed E-state index contributed by atoms with van der Waals surface area (Å²) in [5.74, 6) is 0.756. The summed E-state index contributed by atoms with van der Waals surface area (Å²) >= 11 is 0. The van der Waals surface area contributed by atoms with Gasteiger partial charge in [-0.15, -0.1) is 0 Å². The van der Waals surface area contributed by atoms with Gasteiger partial charge in [-0.1, -0.05) is 13.8 Å². The standard InChI is InChI=1S/C15H33N3/c1-13(2)12-18(11-10-17(4)5)14(3)8-9-16-15-6-7-15/h13-16H,6-12H2,1-5H3. The maximum atomic E-state index is 3.62. The van der Waals surface area contributed by atoms with Gasteiger partial charge in [-0.05, 0) is 52.7 Å². The summed E-state index contributed by atoms with van der Waals surface area (Å²) < 4.78 is 0. The van der Waals surface area contributed by atoms with E-state index < -0.39 is 0 Å². The van der Waals surface area contributed by atoms with E-state index in [9.17, 15) is 0 Å². The average molecular weight is 255 g/mol. The van der Waals surface area contributed by atoms with Gasteiger partial charge < -0.3 is 10.2 Å². The summed E-state index contributed by atoms with van der Waals surface area (Å²) in [6.45, 7) is 11.8. The Morgan fingerprint density at radius 2 is 1.78 bits per heavy atom. The SMILES string of the molecule is CC(C)CN(CCN(C)C)C(C)CCNC1CC1. The molecule has 3 nitrogen and oxygen atoms in total. The Bertz CT molecular complexity index is 212. The summed E-state index contributed by atoms with van der Waals surface area (Å²) in [6, 6.07) is 1.54. The van der Waals surface area contributed by atoms with E-state index >= 15 is 0 Å². The smallest absolute Gasteiger partial charge is 0.0112 e. The highest BCUT2D eigenvalue weighted by Crippen LogP contribution is 2.18. The first-order valence-electron chi connectivity index (χ1n) is 7.61. The first kappa shape index (κ1) is 15.9. The van der Waals surface area contributed by atoms with Crippen LogP contribution in [0.5, 0.6) is 0 Å². The van der Waals surface area contributed by atoms with E-state index in [1.807, 2.05) is 0 Å². The van der Waals surface area contributed by atoms with Crippen LogP contribution in [-0.2, 0) is 0 Å². The number of hydrogen-bond donors (Lipinski definition) is 1. The van der Waals surface area contributed by atoms with Gasteiger partial charge in [0.05, 0.1) is 0 Å². The number of nitrogens with one attached hydrogen (secondary N) is 1. The van der Waals surface area contributed by atoms with Crippen molar-refractivity contribution < 1.29 is 0 Å². The highest BCUT2D eigenvalue weighted by molar-refractivity contribution is 4.81. The molecule has 0 radical (unpaired) electrons. The summed E-state index contributed by atoms with van der Waals surface area (Å²) in [7, 11) is 4.32. The van der Waals surface area contributed by atoms with E-state index in [2.05, 4.69) is 50.0 Å². The largest absolute Gasteiger partial charge is 0.314 e. The first-order valence-corrected chi connectivity index (χ1v) is 7.61. The molecule has 0 saturated heterocycles. The Labute approximate surface area is 114 Å². The van der Waals surface area contributed by atoms with Crippen molar-refractivity contribution in [3.8, 4) is 0 Å². The molecule has 0 spiro atoms. The number of rotatable bonds is 10. The van der Waals surface area contributed by atoms with Crippen LogP contribution in [0.15, 0.2) is 0 Å². The van der Waals surface area contributed by atoms with E-state index in [4.69, 9.17) is 0 Å². The lowest BCUT2D eigenvalue weighted by Crippen LogP contribution is -2.41. The summed E-state index contributed by atoms with van der Waals surface area (Å²) in [5, 5.41) is 3.62. The van der Waals surface area contributed by atoms with Gasteiger partial charge in [0, 0.05) is 31.7 Å². The fourth-order valence-electron chi connectivity index (χ4n) is 2.26. The van der Waals surface area contributed by atoms with Gasteiger partial charge >= 0.3 is 0 Å². The predicted molar refractivity (Wildman–Crippen MR) is 80.1 cm³/mol. The molecule has 18 heavy (non-hydrogen) atoms. The third-order valence-corrected chi connectivity index (χ3v) is 3.63. The van der Waals surface area contributed by atoms with E-state index in [0.717, 1.165) is 18.5 Å². The van der Waals surface area contributed by atoms with Crippen molar-refractivity contribution in [1.29, 1.82) is 0 Å². The lowest BCUT2D eigenvalue weighted by Gasteiger charge is -2.31. The summed E-state index contributed by atoms with van der Waals surface area (Å²) in [6.07, 6.45) is 4.06. The lowest BCUT2D eigenvalue weighted by molar-refractivity contribution is 0.162. The molecule has 1 aliphatic carbocycles. The zero-order chi connectivity index (χ0) is 13.5. The quantitative estimate of drug-likeness (QED) is 0.644. The first-order chi connectivity index (χ1) is 8.49. The second-order valence-corrected chi connectivity index (χ2v) is 6.56. The molecule has 0 amide bonds. The molecular formula is C15H33N3. The molecule has 0 aromatic rings. The van der Waals surface area contributed by atoms with Gasteiger partial charge in [-0.3, -0.25) is 4.90 Å². The minimum absolute atomic E-state index is 0.693. The maximum absolute atomic E-state index is 3.62. The average Bonchev–Trinajstić information content (AvgIpc) is 3.07. The van der Waals surface area contributed by atoms with Crippen LogP contribution in [0.25, 0.3) is 0 Å². The molecule has 1 aliphatic rings. The zero-order valence-electron chi connectivity index (χ0n) is 13.1. The molecule has 1 saturated carbocycles. The minimum Gasteiger partial charge on any atom is -0.314 e. The molecular weight excluding hydrogens is 222 g/mol. The van der Waals surface area contributed by atoms with Crippen molar-refractivity contribution in [3.05, 3.63) is 0 Å². The highest BCUT2D eigenvalue weighted by Gasteiger charge is 2.21. The molecule has 1 fully saturated rings. The van der Waals surface area contributed by atoms with Crippen LogP contribution >= 0.6 is 0 Å². The molecule has 1 rings (SSSR count). The Morgan fingerprint density at radius 3 is 2.28 bits per heavy atom. The van der Waals surface area contributed by atoms with Crippen LogP contribution < -0.4 is 5.32 Å². The Balaban J connectivity index is 2.25. The van der Waals surface area contributed by atoms with Crippen LogP contribution in [-0.4, -0.2) is 62.2 Å². The highest BCUT2D eigenvalue weighted by atomic mass is 15.2. The van der Waals surface area contributed by atoms with Crippen molar-refractivity contribution in [1.82, 2.24) is 15.1 Å². The van der Waals surface area contributed by atoms with Crippen molar-refractivity contribution >= 4 is 0 Å². The van der Waals surface area contributed by atoms with Gasteiger partial charge in [0.1, 0.15) is 0 Å². The molecule has 0 aromatic carbocycles. The molecule has 1 unspecified atom stereocenters. The van der Waals surface area contributed by atoms with Gasteiger partial charge in [-0.25, -0.2) is 0 Å². The minimum atomic E-state index is 0.693. The van der Waals surface area contributed by atoms with Crippen molar-refractivity contribution in [3.63, 3.8) is 0 Å². The van der Waals surface area contributed by atoms with Gasteiger partial charge in [0.15, 0.2) is 0 Å². The molecule has 1 atom stereocenters. The van der Waals surface area contributed by atoms with Gasteiger partial charge in [0.2, 0.25) is 0 Å². The van der Waals surface area contributed by atoms with Crippen LogP contribution in [0.2, 0.25) is 0 Å². The van der Waals surface area contributed by atoms with Gasteiger partial charge in [0.25, 0.3) is 0 Å². The van der Waals surface area contributed by atoms with Crippen molar-refractivity contribution in [2.75, 3.05) is 40.3 Å². The molecule has 0 aromatic heterocycles. The fourth-order valence-corrected chi connectivity index (χ4v) is 2.26. The lowest BCUT2D eigenvalue weighted by atomic mass is 10.1. The summed E-state index contributed by atoms with van der Waals surface area (Å²) in [5.41, 5.74) is 0. The third-order valence-electron chi connectivity index (χ3n) is 3.63. The molecule has 108 valence electrons. The Hall–Kier alpha value is -0.120. The van der Waals surface area contributed by atoms with E-state index in [-0.39, 0.29) is 0 Å². The van der Waals surface area contributed by atoms with Crippen LogP contribution in [0.4, 0.5) is 0 Å². The Kier molecular flexibility index (Phi) is 7.20. The number of likely N-dealkylation sites (N-methyl/N-ethyl adjacent to an activating group) is 1. The predicted octanol–water partition coefficient (Wildman–Crippen LogP) is 2.04. The monoisotopic (exact) mass is 255 g/mol. The molecule has 0 aliphatic heterocycles. The Morgan fingerprint density at radius 1 is 1.11 bits per heavy atom. The molecule has 0 bridgehead atoms. The zero-order valence-corrected chi connectivity index (χ0v) is 13.1. The second kappa shape index (κ2) is 8.13.